The van der Waals surface area contributed by atoms with Crippen molar-refractivity contribution < 1.29 is 14.7 Å². The molecule has 0 aliphatic rings. The van der Waals surface area contributed by atoms with Gasteiger partial charge in [-0.25, -0.2) is 4.79 Å². The van der Waals surface area contributed by atoms with Crippen LogP contribution < -0.4 is 4.84 Å². The van der Waals surface area contributed by atoms with Crippen LogP contribution in [-0.2, 0) is 0 Å². The number of halogens is 1. The van der Waals surface area contributed by atoms with E-state index in [1.54, 1.807) is 18.2 Å². The van der Waals surface area contributed by atoms with Crippen LogP contribution in [-0.4, -0.2) is 17.3 Å². The summed E-state index contributed by atoms with van der Waals surface area (Å²) in [5, 5.41) is 13.3. The van der Waals surface area contributed by atoms with Crippen molar-refractivity contribution in [3.8, 4) is 5.75 Å². The van der Waals surface area contributed by atoms with Gasteiger partial charge in [0.15, 0.2) is 5.75 Å². The normalized spacial score (nSPS) is 10.7. The van der Waals surface area contributed by atoms with E-state index in [1.165, 1.54) is 18.3 Å². The molecule has 0 saturated heterocycles. The lowest BCUT2D eigenvalue weighted by molar-refractivity contribution is 0.0696. The second-order valence-electron chi connectivity index (χ2n) is 4.22. The Morgan fingerprint density at radius 2 is 2.10 bits per heavy atom. The Morgan fingerprint density at radius 3 is 2.80 bits per heavy atom. The van der Waals surface area contributed by atoms with E-state index in [4.69, 9.17) is 21.5 Å². The number of nitrogens with zero attached hydrogens (tertiary/aromatic N) is 1. The Morgan fingerprint density at radius 1 is 1.30 bits per heavy atom. The van der Waals surface area contributed by atoms with Gasteiger partial charge in [-0.3, -0.25) is 0 Å². The van der Waals surface area contributed by atoms with E-state index in [0.29, 0.717) is 10.8 Å². The van der Waals surface area contributed by atoms with E-state index in [0.717, 1.165) is 11.1 Å². The molecule has 0 saturated carbocycles. The maximum absolute atomic E-state index is 10.8. The van der Waals surface area contributed by atoms with E-state index in [-0.39, 0.29) is 5.56 Å². The zero-order valence-corrected chi connectivity index (χ0v) is 11.5. The number of carboxylic acid groups (broad SMARTS) is 1. The molecule has 0 bridgehead atoms. The van der Waals surface area contributed by atoms with Gasteiger partial charge in [0.2, 0.25) is 0 Å². The molecule has 5 heteroatoms. The Kier molecular flexibility index (Phi) is 4.38. The molecule has 0 fully saturated rings. The number of aryl methyl sites for hydroxylation is 1. The molecule has 0 heterocycles. The average molecular weight is 290 g/mol. The van der Waals surface area contributed by atoms with E-state index in [9.17, 15) is 4.79 Å². The Hall–Kier alpha value is -2.33. The van der Waals surface area contributed by atoms with Crippen LogP contribution in [0.3, 0.4) is 0 Å². The van der Waals surface area contributed by atoms with Gasteiger partial charge < -0.3 is 9.94 Å². The molecule has 20 heavy (non-hydrogen) atoms. The van der Waals surface area contributed by atoms with Crippen LogP contribution in [0.2, 0.25) is 5.02 Å². The predicted octanol–water partition coefficient (Wildman–Crippen LogP) is 3.76. The summed E-state index contributed by atoms with van der Waals surface area (Å²) in [6, 6.07) is 11.6. The number of hydrogen-bond donors (Lipinski definition) is 1. The van der Waals surface area contributed by atoms with Gasteiger partial charge in [0.25, 0.3) is 0 Å². The second-order valence-corrected chi connectivity index (χ2v) is 4.66. The first-order chi connectivity index (χ1) is 9.54. The van der Waals surface area contributed by atoms with Crippen molar-refractivity contribution in [3.05, 3.63) is 64.2 Å². The van der Waals surface area contributed by atoms with Gasteiger partial charge in [0, 0.05) is 5.02 Å². The van der Waals surface area contributed by atoms with Crippen LogP contribution >= 0.6 is 11.6 Å². The monoisotopic (exact) mass is 289 g/mol. The highest BCUT2D eigenvalue weighted by molar-refractivity contribution is 6.30. The number of hydrogen-bond acceptors (Lipinski definition) is 3. The molecule has 1 N–H and O–H groups in total. The summed E-state index contributed by atoms with van der Waals surface area (Å²) in [6.07, 6.45) is 1.52. The van der Waals surface area contributed by atoms with Crippen LogP contribution in [0.15, 0.2) is 47.6 Å². The highest BCUT2D eigenvalue weighted by atomic mass is 35.5. The molecule has 0 aromatic heterocycles. The van der Waals surface area contributed by atoms with Crippen molar-refractivity contribution in [2.45, 2.75) is 6.92 Å². The van der Waals surface area contributed by atoms with Gasteiger partial charge in [-0.2, -0.15) is 0 Å². The smallest absolute Gasteiger partial charge is 0.335 e. The first kappa shape index (κ1) is 14.1. The lowest BCUT2D eigenvalue weighted by Gasteiger charge is -2.00. The molecule has 2 rings (SSSR count). The summed E-state index contributed by atoms with van der Waals surface area (Å²) < 4.78 is 0. The number of benzene rings is 2. The molecule has 0 aliphatic heterocycles. The molecule has 0 spiro atoms. The predicted molar refractivity (Wildman–Crippen MR) is 77.8 cm³/mol. The summed E-state index contributed by atoms with van der Waals surface area (Å²) in [6.45, 7) is 1.93. The van der Waals surface area contributed by atoms with Gasteiger partial charge in [-0.1, -0.05) is 28.9 Å². The summed E-state index contributed by atoms with van der Waals surface area (Å²) in [7, 11) is 0. The Bertz CT molecular complexity index is 648. The van der Waals surface area contributed by atoms with E-state index >= 15 is 0 Å². The third-order valence-corrected chi connectivity index (χ3v) is 2.72. The second kappa shape index (κ2) is 6.21. The fourth-order valence-electron chi connectivity index (χ4n) is 1.67. The van der Waals surface area contributed by atoms with Crippen molar-refractivity contribution in [1.29, 1.82) is 0 Å². The number of carboxylic acids is 1. The third-order valence-electron chi connectivity index (χ3n) is 2.51. The first-order valence-electron chi connectivity index (χ1n) is 5.85. The minimum atomic E-state index is -1.01. The SMILES string of the molecule is Cc1cc(Cl)cc(/C=N/Oc2cccc(C(=O)O)c2)c1. The Balaban J connectivity index is 2.09. The van der Waals surface area contributed by atoms with Crippen LogP contribution in [0.1, 0.15) is 21.5 Å². The Labute approximate surface area is 121 Å². The van der Waals surface area contributed by atoms with Crippen LogP contribution in [0.25, 0.3) is 0 Å². The lowest BCUT2D eigenvalue weighted by Crippen LogP contribution is -1.96. The zero-order valence-electron chi connectivity index (χ0n) is 10.7. The summed E-state index contributed by atoms with van der Waals surface area (Å²) in [5.74, 6) is -0.648. The number of rotatable bonds is 4. The number of oxime groups is 1. The van der Waals surface area contributed by atoms with Gasteiger partial charge >= 0.3 is 5.97 Å². The molecule has 0 unspecified atom stereocenters. The molecule has 2 aromatic carbocycles. The van der Waals surface area contributed by atoms with Crippen molar-refractivity contribution in [1.82, 2.24) is 0 Å². The van der Waals surface area contributed by atoms with E-state index < -0.39 is 5.97 Å². The van der Waals surface area contributed by atoms with E-state index in [1.807, 2.05) is 19.1 Å². The third kappa shape index (κ3) is 3.83. The van der Waals surface area contributed by atoms with Crippen molar-refractivity contribution >= 4 is 23.8 Å². The molecule has 2 aromatic rings. The number of carbonyl (C=O) groups is 1. The highest BCUT2D eigenvalue weighted by Gasteiger charge is 2.03. The van der Waals surface area contributed by atoms with Crippen LogP contribution in [0, 0.1) is 6.92 Å². The van der Waals surface area contributed by atoms with Crippen molar-refractivity contribution in [3.63, 3.8) is 0 Å². The van der Waals surface area contributed by atoms with Gasteiger partial charge in [0.05, 0.1) is 11.8 Å². The van der Waals surface area contributed by atoms with Gasteiger partial charge in [0.1, 0.15) is 0 Å². The summed E-state index contributed by atoms with van der Waals surface area (Å²) >= 11 is 5.93. The standard InChI is InChI=1S/C15H12ClNO3/c1-10-5-11(7-13(16)6-10)9-17-20-14-4-2-3-12(8-14)15(18)19/h2-9H,1H3,(H,18,19)/b17-9+. The highest BCUT2D eigenvalue weighted by Crippen LogP contribution is 2.15. The summed E-state index contributed by atoms with van der Waals surface area (Å²) in [4.78, 5) is 16.0. The minimum Gasteiger partial charge on any atom is -0.478 e. The summed E-state index contributed by atoms with van der Waals surface area (Å²) in [5.41, 5.74) is 1.98. The average Bonchev–Trinajstić information content (AvgIpc) is 2.38. The topological polar surface area (TPSA) is 58.9 Å². The van der Waals surface area contributed by atoms with E-state index in [2.05, 4.69) is 5.16 Å². The van der Waals surface area contributed by atoms with Crippen LogP contribution in [0.5, 0.6) is 5.75 Å². The zero-order chi connectivity index (χ0) is 14.5. The molecular weight excluding hydrogens is 278 g/mol. The number of aromatic carboxylic acids is 1. The van der Waals surface area contributed by atoms with Crippen molar-refractivity contribution in [2.24, 2.45) is 5.16 Å². The fourth-order valence-corrected chi connectivity index (χ4v) is 1.97. The van der Waals surface area contributed by atoms with Gasteiger partial charge in [-0.15, -0.1) is 0 Å². The molecule has 0 amide bonds. The molecule has 102 valence electrons. The minimum absolute atomic E-state index is 0.149. The first-order valence-corrected chi connectivity index (χ1v) is 6.23. The lowest BCUT2D eigenvalue weighted by atomic mass is 10.1. The quantitative estimate of drug-likeness (QED) is 0.688. The van der Waals surface area contributed by atoms with Crippen LogP contribution in [0.4, 0.5) is 0 Å². The molecule has 4 nitrogen and oxygen atoms in total. The van der Waals surface area contributed by atoms with Crippen molar-refractivity contribution in [2.75, 3.05) is 0 Å². The molecule has 0 aliphatic carbocycles. The largest absolute Gasteiger partial charge is 0.478 e. The molecule has 0 atom stereocenters. The molecule has 0 radical (unpaired) electrons. The fraction of sp³-hybridized carbons (Fsp3) is 0.0667. The maximum Gasteiger partial charge on any atom is 0.335 e. The maximum atomic E-state index is 10.8. The molecular formula is C15H12ClNO3. The van der Waals surface area contributed by atoms with Gasteiger partial charge in [-0.05, 0) is 48.4 Å².